The minimum atomic E-state index is -0.0269. The lowest BCUT2D eigenvalue weighted by molar-refractivity contribution is 0.0947. The Morgan fingerprint density at radius 3 is 2.82 bits per heavy atom. The number of nitrogens with two attached hydrogens (primary N) is 1. The summed E-state index contributed by atoms with van der Waals surface area (Å²) in [7, 11) is 0. The summed E-state index contributed by atoms with van der Waals surface area (Å²) in [5.41, 5.74) is 10.8. The van der Waals surface area contributed by atoms with Gasteiger partial charge < -0.3 is 21.7 Å². The Kier molecular flexibility index (Phi) is 5.26. The summed E-state index contributed by atoms with van der Waals surface area (Å²) in [6, 6.07) is 4.87. The Hall–Kier alpha value is -2.54. The average Bonchev–Trinajstić information content (AvgIpc) is 3.12. The van der Waals surface area contributed by atoms with Crippen LogP contribution in [0.25, 0.3) is 0 Å². The second kappa shape index (κ2) is 7.83. The van der Waals surface area contributed by atoms with Gasteiger partial charge in [0.25, 0.3) is 5.91 Å². The van der Waals surface area contributed by atoms with Gasteiger partial charge in [-0.2, -0.15) is 5.10 Å². The van der Waals surface area contributed by atoms with Gasteiger partial charge in [0.05, 0.1) is 23.1 Å². The number of amides is 1. The summed E-state index contributed by atoms with van der Waals surface area (Å²) in [5, 5.41) is 14.4. The highest BCUT2D eigenvalue weighted by atomic mass is 16.1. The third-order valence-electron chi connectivity index (χ3n) is 5.71. The Balaban J connectivity index is 1.65. The van der Waals surface area contributed by atoms with Crippen molar-refractivity contribution in [1.29, 1.82) is 0 Å². The van der Waals surface area contributed by atoms with Crippen molar-refractivity contribution >= 4 is 23.0 Å². The number of anilines is 3. The number of benzene rings is 1. The molecule has 1 amide bonds. The Labute approximate surface area is 166 Å². The van der Waals surface area contributed by atoms with E-state index >= 15 is 0 Å². The predicted octanol–water partition coefficient (Wildman–Crippen LogP) is 3.18. The van der Waals surface area contributed by atoms with Crippen molar-refractivity contribution in [3.05, 3.63) is 35.7 Å². The largest absolute Gasteiger partial charge is 0.381 e. The van der Waals surface area contributed by atoms with Crippen LogP contribution < -0.4 is 21.7 Å². The SMILES string of the molecule is CC(C)n1cc(Nc2cc(N[C@@H]3CCCC[C@@H]3N)cc3c2C(=O)NCC3)cn1. The van der Waals surface area contributed by atoms with E-state index in [1.54, 1.807) is 6.20 Å². The molecular formula is C21H30N6O. The number of aromatic nitrogens is 2. The molecule has 0 radical (unpaired) electrons. The molecule has 0 unspecified atom stereocenters. The van der Waals surface area contributed by atoms with Gasteiger partial charge in [-0.25, -0.2) is 0 Å². The van der Waals surface area contributed by atoms with Crippen molar-refractivity contribution in [3.63, 3.8) is 0 Å². The topological polar surface area (TPSA) is 97.0 Å². The molecule has 150 valence electrons. The van der Waals surface area contributed by atoms with Gasteiger partial charge in [-0.05, 0) is 50.8 Å². The third kappa shape index (κ3) is 3.85. The van der Waals surface area contributed by atoms with Gasteiger partial charge in [0.1, 0.15) is 0 Å². The fourth-order valence-electron chi connectivity index (χ4n) is 4.14. The lowest BCUT2D eigenvalue weighted by atomic mass is 9.90. The summed E-state index contributed by atoms with van der Waals surface area (Å²) >= 11 is 0. The van der Waals surface area contributed by atoms with E-state index in [4.69, 9.17) is 5.73 Å². The van der Waals surface area contributed by atoms with Crippen LogP contribution in [-0.4, -0.2) is 34.3 Å². The number of fused-ring (bicyclic) bond motifs is 1. The average molecular weight is 383 g/mol. The van der Waals surface area contributed by atoms with Crippen LogP contribution >= 0.6 is 0 Å². The van der Waals surface area contributed by atoms with Gasteiger partial charge >= 0.3 is 0 Å². The fourth-order valence-corrected chi connectivity index (χ4v) is 4.14. The van der Waals surface area contributed by atoms with E-state index < -0.39 is 0 Å². The van der Waals surface area contributed by atoms with Gasteiger partial charge in [-0.15, -0.1) is 0 Å². The number of hydrogen-bond donors (Lipinski definition) is 4. The first-order valence-corrected chi connectivity index (χ1v) is 10.3. The lowest BCUT2D eigenvalue weighted by Crippen LogP contribution is -2.42. The smallest absolute Gasteiger partial charge is 0.253 e. The molecule has 2 heterocycles. The normalized spacial score (nSPS) is 21.9. The molecule has 7 heteroatoms. The first-order chi connectivity index (χ1) is 13.5. The molecule has 2 aromatic rings. The molecule has 4 rings (SSSR count). The monoisotopic (exact) mass is 382 g/mol. The highest BCUT2D eigenvalue weighted by Crippen LogP contribution is 2.32. The second-order valence-electron chi connectivity index (χ2n) is 8.19. The molecule has 1 aromatic heterocycles. The zero-order valence-electron chi connectivity index (χ0n) is 16.7. The van der Waals surface area contributed by atoms with E-state index in [0.29, 0.717) is 6.54 Å². The van der Waals surface area contributed by atoms with Crippen LogP contribution in [0.4, 0.5) is 17.1 Å². The van der Waals surface area contributed by atoms with E-state index in [0.717, 1.165) is 47.5 Å². The number of hydrogen-bond acceptors (Lipinski definition) is 5. The molecule has 1 fully saturated rings. The maximum atomic E-state index is 12.6. The van der Waals surface area contributed by atoms with E-state index in [1.807, 2.05) is 16.9 Å². The molecular weight excluding hydrogens is 352 g/mol. The molecule has 5 N–H and O–H groups in total. The van der Waals surface area contributed by atoms with Gasteiger partial charge in [0, 0.05) is 36.6 Å². The van der Waals surface area contributed by atoms with Crippen LogP contribution in [0.2, 0.25) is 0 Å². The predicted molar refractivity (Wildman–Crippen MR) is 112 cm³/mol. The molecule has 2 aliphatic rings. The highest BCUT2D eigenvalue weighted by molar-refractivity contribution is 6.03. The standard InChI is InChI=1S/C21H30N6O/c1-13(2)27-12-16(11-24-27)26-19-10-15(25-18-6-4-3-5-17(18)22)9-14-7-8-23-21(28)20(14)19/h9-13,17-18,25-26H,3-8,22H2,1-2H3,(H,23,28)/t17-,18+/m0/s1. The lowest BCUT2D eigenvalue weighted by Gasteiger charge is -2.31. The molecule has 7 nitrogen and oxygen atoms in total. The van der Waals surface area contributed by atoms with Crippen LogP contribution in [0.15, 0.2) is 24.5 Å². The van der Waals surface area contributed by atoms with Crippen molar-refractivity contribution < 1.29 is 4.79 Å². The van der Waals surface area contributed by atoms with Crippen LogP contribution in [-0.2, 0) is 6.42 Å². The Morgan fingerprint density at radius 1 is 1.25 bits per heavy atom. The molecule has 1 aromatic carbocycles. The molecule has 0 saturated heterocycles. The van der Waals surface area contributed by atoms with E-state index in [2.05, 4.69) is 41.0 Å². The van der Waals surface area contributed by atoms with Crippen LogP contribution in [0.1, 0.15) is 61.5 Å². The Bertz CT molecular complexity index is 859. The maximum Gasteiger partial charge on any atom is 0.253 e. The summed E-state index contributed by atoms with van der Waals surface area (Å²) in [5.74, 6) is -0.0269. The number of carbonyl (C=O) groups is 1. The summed E-state index contributed by atoms with van der Waals surface area (Å²) in [6.45, 7) is 4.84. The van der Waals surface area contributed by atoms with Crippen LogP contribution in [0.5, 0.6) is 0 Å². The maximum absolute atomic E-state index is 12.6. The van der Waals surface area contributed by atoms with Crippen molar-refractivity contribution in [2.45, 2.75) is 64.1 Å². The quantitative estimate of drug-likeness (QED) is 0.637. The summed E-state index contributed by atoms with van der Waals surface area (Å²) < 4.78 is 1.90. The number of carbonyl (C=O) groups excluding carboxylic acids is 1. The number of nitrogens with zero attached hydrogens (tertiary/aromatic N) is 2. The molecule has 28 heavy (non-hydrogen) atoms. The van der Waals surface area contributed by atoms with E-state index in [9.17, 15) is 4.79 Å². The number of nitrogens with one attached hydrogen (secondary N) is 3. The summed E-state index contributed by atoms with van der Waals surface area (Å²) in [6.07, 6.45) is 9.15. The van der Waals surface area contributed by atoms with Gasteiger partial charge in [-0.3, -0.25) is 9.48 Å². The van der Waals surface area contributed by atoms with Crippen LogP contribution in [0, 0.1) is 0 Å². The number of rotatable bonds is 5. The second-order valence-corrected chi connectivity index (χ2v) is 8.19. The molecule has 1 aliphatic carbocycles. The van der Waals surface area contributed by atoms with E-state index in [-0.39, 0.29) is 24.0 Å². The molecule has 0 spiro atoms. The minimum Gasteiger partial charge on any atom is -0.381 e. The van der Waals surface area contributed by atoms with Crippen molar-refractivity contribution in [2.24, 2.45) is 5.73 Å². The van der Waals surface area contributed by atoms with Crippen molar-refractivity contribution in [1.82, 2.24) is 15.1 Å². The Morgan fingerprint density at radius 2 is 2.07 bits per heavy atom. The van der Waals surface area contributed by atoms with Crippen LogP contribution in [0.3, 0.4) is 0 Å². The highest BCUT2D eigenvalue weighted by Gasteiger charge is 2.25. The van der Waals surface area contributed by atoms with Crippen molar-refractivity contribution in [3.8, 4) is 0 Å². The van der Waals surface area contributed by atoms with Gasteiger partial charge in [-0.1, -0.05) is 12.8 Å². The minimum absolute atomic E-state index is 0.0269. The first kappa shape index (κ1) is 18.8. The third-order valence-corrected chi connectivity index (χ3v) is 5.71. The van der Waals surface area contributed by atoms with Gasteiger partial charge in [0.15, 0.2) is 0 Å². The zero-order chi connectivity index (χ0) is 19.7. The molecule has 1 aliphatic heterocycles. The molecule has 0 bridgehead atoms. The van der Waals surface area contributed by atoms with Crippen molar-refractivity contribution in [2.75, 3.05) is 17.2 Å². The van der Waals surface area contributed by atoms with Gasteiger partial charge in [0.2, 0.25) is 0 Å². The first-order valence-electron chi connectivity index (χ1n) is 10.3. The summed E-state index contributed by atoms with van der Waals surface area (Å²) in [4.78, 5) is 12.6. The fraction of sp³-hybridized carbons (Fsp3) is 0.524. The molecule has 1 saturated carbocycles. The zero-order valence-corrected chi connectivity index (χ0v) is 16.7. The molecule has 2 atom stereocenters. The van der Waals surface area contributed by atoms with E-state index in [1.165, 1.54) is 12.8 Å².